The molecule has 2 aliphatic rings. The number of hydrogen-bond donors (Lipinski definition) is 1. The molecule has 4 rings (SSSR count). The van der Waals surface area contributed by atoms with E-state index in [1.807, 2.05) is 44.2 Å². The number of phenols is 1. The molecule has 2 aromatic carbocycles. The van der Waals surface area contributed by atoms with Gasteiger partial charge >= 0.3 is 0 Å². The van der Waals surface area contributed by atoms with Gasteiger partial charge in [-0.1, -0.05) is 30.3 Å². The topological polar surface area (TPSA) is 73.3 Å². The molecule has 158 valence electrons. The number of ether oxygens (including phenoxy) is 1. The van der Waals surface area contributed by atoms with Gasteiger partial charge in [0.1, 0.15) is 5.75 Å². The molecule has 2 aromatic rings. The molecule has 0 unspecified atom stereocenters. The molecule has 8 heteroatoms. The second kappa shape index (κ2) is 8.20. The van der Waals surface area contributed by atoms with Crippen molar-refractivity contribution in [2.45, 2.75) is 32.6 Å². The summed E-state index contributed by atoms with van der Waals surface area (Å²) in [6.07, 6.45) is -0.187. The number of fused-ring (bicyclic) bond motifs is 1. The summed E-state index contributed by atoms with van der Waals surface area (Å²) in [6, 6.07) is 11.7. The first kappa shape index (κ1) is 20.6. The average Bonchev–Trinajstić information content (AvgIpc) is 2.70. The molecule has 7 nitrogen and oxygen atoms in total. The van der Waals surface area contributed by atoms with E-state index in [2.05, 4.69) is 4.90 Å². The highest BCUT2D eigenvalue weighted by Crippen LogP contribution is 2.29. The Morgan fingerprint density at radius 3 is 2.31 bits per heavy atom. The fourth-order valence-electron chi connectivity index (χ4n) is 4.31. The van der Waals surface area contributed by atoms with Crippen molar-refractivity contribution < 1.29 is 18.3 Å². The summed E-state index contributed by atoms with van der Waals surface area (Å²) in [4.78, 5) is 2.21. The van der Waals surface area contributed by atoms with Crippen LogP contribution in [0.15, 0.2) is 36.4 Å². The van der Waals surface area contributed by atoms with E-state index in [1.165, 1.54) is 0 Å². The maximum Gasteiger partial charge on any atom is 0.282 e. The van der Waals surface area contributed by atoms with Crippen LogP contribution in [0.3, 0.4) is 0 Å². The van der Waals surface area contributed by atoms with Gasteiger partial charge in [0.15, 0.2) is 0 Å². The highest BCUT2D eigenvalue weighted by molar-refractivity contribution is 7.86. The normalized spacial score (nSPS) is 25.4. The minimum atomic E-state index is -3.48. The van der Waals surface area contributed by atoms with Gasteiger partial charge in [0.2, 0.25) is 0 Å². The monoisotopic (exact) mass is 419 g/mol. The van der Waals surface area contributed by atoms with Crippen molar-refractivity contribution >= 4 is 21.0 Å². The quantitative estimate of drug-likeness (QED) is 0.821. The Morgan fingerprint density at radius 1 is 0.966 bits per heavy atom. The van der Waals surface area contributed by atoms with Crippen molar-refractivity contribution in [2.24, 2.45) is 0 Å². The van der Waals surface area contributed by atoms with E-state index in [9.17, 15) is 13.5 Å². The molecule has 0 saturated carbocycles. The van der Waals surface area contributed by atoms with Gasteiger partial charge in [0.25, 0.3) is 10.2 Å². The van der Waals surface area contributed by atoms with Crippen molar-refractivity contribution in [1.82, 2.24) is 13.5 Å². The second-order valence-corrected chi connectivity index (χ2v) is 9.97. The van der Waals surface area contributed by atoms with Gasteiger partial charge in [-0.15, -0.1) is 0 Å². The number of phenolic OH excluding ortho intramolecular Hbond substituents is 1. The summed E-state index contributed by atoms with van der Waals surface area (Å²) in [5.41, 5.74) is 0.898. The molecule has 2 atom stereocenters. The first-order valence-corrected chi connectivity index (χ1v) is 11.6. The van der Waals surface area contributed by atoms with Crippen LogP contribution in [0, 0.1) is 0 Å². The maximum atomic E-state index is 13.1. The number of piperazine rings is 1. The molecule has 2 heterocycles. The Bertz CT molecular complexity index is 963. The first-order chi connectivity index (χ1) is 13.8. The van der Waals surface area contributed by atoms with Crippen LogP contribution in [0.1, 0.15) is 19.4 Å². The summed E-state index contributed by atoms with van der Waals surface area (Å²) in [5, 5.41) is 12.5. The zero-order valence-corrected chi connectivity index (χ0v) is 17.8. The van der Waals surface area contributed by atoms with Gasteiger partial charge in [-0.05, 0) is 30.7 Å². The smallest absolute Gasteiger partial charge is 0.282 e. The van der Waals surface area contributed by atoms with Crippen molar-refractivity contribution in [2.75, 3.05) is 39.3 Å². The molecular formula is C21H29N3O4S. The number of aromatic hydroxyl groups is 1. The van der Waals surface area contributed by atoms with Gasteiger partial charge in [0.05, 0.1) is 12.2 Å². The summed E-state index contributed by atoms with van der Waals surface area (Å²) in [5.74, 6) is 0.287. The molecule has 1 N–H and O–H groups in total. The van der Waals surface area contributed by atoms with Crippen LogP contribution in [-0.2, 0) is 21.5 Å². The van der Waals surface area contributed by atoms with Gasteiger partial charge in [-0.2, -0.15) is 17.0 Å². The molecular weight excluding hydrogens is 390 g/mol. The maximum absolute atomic E-state index is 13.1. The average molecular weight is 420 g/mol. The first-order valence-electron chi connectivity index (χ1n) is 10.2. The standard InChI is InChI=1S/C21H29N3O4S/c1-16-13-24(14-17(2)28-16)29(26,27)23-11-9-22(10-12-23)15-20-19-6-4-3-5-18(19)7-8-21(20)25/h3-8,16-17,25H,9-15H2,1-2H3/t16-,17+. The van der Waals surface area contributed by atoms with E-state index in [1.54, 1.807) is 14.7 Å². The van der Waals surface area contributed by atoms with Crippen LogP contribution >= 0.6 is 0 Å². The Labute approximate surface area is 172 Å². The number of nitrogens with zero attached hydrogens (tertiary/aromatic N) is 3. The molecule has 0 bridgehead atoms. The molecule has 0 amide bonds. The summed E-state index contributed by atoms with van der Waals surface area (Å²) >= 11 is 0. The number of rotatable bonds is 4. The van der Waals surface area contributed by atoms with E-state index in [0.29, 0.717) is 45.8 Å². The van der Waals surface area contributed by atoms with Crippen LogP contribution in [0.5, 0.6) is 5.75 Å². The Morgan fingerprint density at radius 2 is 1.62 bits per heavy atom. The van der Waals surface area contributed by atoms with E-state index < -0.39 is 10.2 Å². The lowest BCUT2D eigenvalue weighted by atomic mass is 10.0. The molecule has 2 fully saturated rings. The highest BCUT2D eigenvalue weighted by atomic mass is 32.2. The second-order valence-electron chi connectivity index (χ2n) is 8.04. The summed E-state index contributed by atoms with van der Waals surface area (Å²) in [6.45, 7) is 7.40. The van der Waals surface area contributed by atoms with Crippen LogP contribution in [0.4, 0.5) is 0 Å². The number of morpholine rings is 1. The minimum Gasteiger partial charge on any atom is -0.508 e. The van der Waals surface area contributed by atoms with Crippen molar-refractivity contribution in [3.05, 3.63) is 42.0 Å². The minimum absolute atomic E-state index is 0.0934. The lowest BCUT2D eigenvalue weighted by Crippen LogP contribution is -2.57. The van der Waals surface area contributed by atoms with E-state index in [-0.39, 0.29) is 18.0 Å². The lowest BCUT2D eigenvalue weighted by Gasteiger charge is -2.40. The number of hydrogen-bond acceptors (Lipinski definition) is 5. The van der Waals surface area contributed by atoms with Crippen molar-refractivity contribution in [3.8, 4) is 5.75 Å². The predicted molar refractivity (Wildman–Crippen MR) is 113 cm³/mol. The zero-order chi connectivity index (χ0) is 20.6. The summed E-state index contributed by atoms with van der Waals surface area (Å²) < 4.78 is 34.9. The zero-order valence-electron chi connectivity index (χ0n) is 17.0. The van der Waals surface area contributed by atoms with Crippen molar-refractivity contribution in [3.63, 3.8) is 0 Å². The van der Waals surface area contributed by atoms with E-state index in [0.717, 1.165) is 16.3 Å². The molecule has 0 aromatic heterocycles. The fraction of sp³-hybridized carbons (Fsp3) is 0.524. The fourth-order valence-corrected chi connectivity index (χ4v) is 6.06. The van der Waals surface area contributed by atoms with Gasteiger partial charge in [-0.3, -0.25) is 4.90 Å². The van der Waals surface area contributed by atoms with Crippen LogP contribution in [0.2, 0.25) is 0 Å². The summed E-state index contributed by atoms with van der Waals surface area (Å²) in [7, 11) is -3.48. The number of benzene rings is 2. The van der Waals surface area contributed by atoms with Gasteiger partial charge < -0.3 is 9.84 Å². The Balaban J connectivity index is 1.43. The van der Waals surface area contributed by atoms with Crippen LogP contribution < -0.4 is 0 Å². The molecule has 2 saturated heterocycles. The molecule has 0 aliphatic carbocycles. The Hall–Kier alpha value is -1.71. The molecule has 29 heavy (non-hydrogen) atoms. The molecule has 0 radical (unpaired) electrons. The lowest BCUT2D eigenvalue weighted by molar-refractivity contribution is -0.0457. The predicted octanol–water partition coefficient (Wildman–Crippen LogP) is 2.02. The molecule has 0 spiro atoms. The third-order valence-electron chi connectivity index (χ3n) is 5.77. The largest absolute Gasteiger partial charge is 0.508 e. The molecule has 2 aliphatic heterocycles. The Kier molecular flexibility index (Phi) is 5.81. The SMILES string of the molecule is C[C@@H]1CN(S(=O)(=O)N2CCN(Cc3c(O)ccc4ccccc34)CC2)C[C@H](C)O1. The highest BCUT2D eigenvalue weighted by Gasteiger charge is 2.36. The third-order valence-corrected chi connectivity index (χ3v) is 7.74. The van der Waals surface area contributed by atoms with E-state index in [4.69, 9.17) is 4.74 Å². The van der Waals surface area contributed by atoms with Crippen LogP contribution in [-0.4, -0.2) is 78.5 Å². The third kappa shape index (κ3) is 4.27. The van der Waals surface area contributed by atoms with Gasteiger partial charge in [0, 0.05) is 51.4 Å². The van der Waals surface area contributed by atoms with Gasteiger partial charge in [-0.25, -0.2) is 0 Å². The van der Waals surface area contributed by atoms with Crippen LogP contribution in [0.25, 0.3) is 10.8 Å². The van der Waals surface area contributed by atoms with Crippen molar-refractivity contribution in [1.29, 1.82) is 0 Å². The van der Waals surface area contributed by atoms with E-state index >= 15 is 0 Å².